The molecule has 1 rings (SSSR count). The number of hydrogen-bond acceptors (Lipinski definition) is 5. The largest absolute Gasteiger partial charge is 0.464 e. The van der Waals surface area contributed by atoms with Gasteiger partial charge in [-0.15, -0.1) is 6.42 Å². The van der Waals surface area contributed by atoms with Crippen molar-refractivity contribution in [2.75, 3.05) is 25.6 Å². The Morgan fingerprint density at radius 3 is 2.94 bits per heavy atom. The highest BCUT2D eigenvalue weighted by atomic mass is 16.5. The van der Waals surface area contributed by atoms with Crippen molar-refractivity contribution < 1.29 is 9.47 Å². The van der Waals surface area contributed by atoms with Crippen LogP contribution in [-0.2, 0) is 11.3 Å². The van der Waals surface area contributed by atoms with Crippen molar-refractivity contribution >= 4 is 5.82 Å². The summed E-state index contributed by atoms with van der Waals surface area (Å²) in [7, 11) is 1.78. The molecule has 0 aliphatic rings. The van der Waals surface area contributed by atoms with Crippen molar-refractivity contribution in [1.29, 1.82) is 0 Å². The topological polar surface area (TPSA) is 56.3 Å². The molecule has 0 aliphatic carbocycles. The van der Waals surface area contributed by atoms with E-state index in [0.29, 0.717) is 30.7 Å². The van der Waals surface area contributed by atoms with Gasteiger partial charge in [0.2, 0.25) is 5.88 Å². The van der Waals surface area contributed by atoms with Crippen LogP contribution >= 0.6 is 0 Å². The van der Waals surface area contributed by atoms with E-state index in [4.69, 9.17) is 15.9 Å². The van der Waals surface area contributed by atoms with E-state index in [9.17, 15) is 0 Å². The van der Waals surface area contributed by atoms with Crippen molar-refractivity contribution in [3.63, 3.8) is 0 Å². The Bertz CT molecular complexity index is 374. The fourth-order valence-electron chi connectivity index (χ4n) is 1.05. The van der Waals surface area contributed by atoms with Crippen LogP contribution in [-0.4, -0.2) is 30.2 Å². The Labute approximate surface area is 95.2 Å². The maximum Gasteiger partial charge on any atom is 0.219 e. The van der Waals surface area contributed by atoms with Gasteiger partial charge in [-0.25, -0.2) is 4.98 Å². The number of rotatable bonds is 6. The Kier molecular flexibility index (Phi) is 5.09. The molecular formula is C11H15N3O2. The summed E-state index contributed by atoms with van der Waals surface area (Å²) in [4.78, 5) is 8.38. The van der Waals surface area contributed by atoms with Crippen LogP contribution in [0.5, 0.6) is 5.88 Å². The molecule has 0 atom stereocenters. The average Bonchev–Trinajstić information content (AvgIpc) is 2.33. The SMILES string of the molecule is C#CCOc1cc(NC)nc(COCC)n1. The monoisotopic (exact) mass is 221 g/mol. The lowest BCUT2D eigenvalue weighted by Gasteiger charge is -2.07. The van der Waals surface area contributed by atoms with E-state index < -0.39 is 0 Å². The summed E-state index contributed by atoms with van der Waals surface area (Å²) >= 11 is 0. The summed E-state index contributed by atoms with van der Waals surface area (Å²) in [5.74, 6) is 4.08. The standard InChI is InChI=1S/C11H15N3O2/c1-4-6-16-11-7-9(12-3)13-10(14-11)8-15-5-2/h1,7H,5-6,8H2,2-3H3,(H,12,13,14). The first-order valence-electron chi connectivity index (χ1n) is 4.99. The van der Waals surface area contributed by atoms with Crippen molar-refractivity contribution in [3.8, 4) is 18.2 Å². The fourth-order valence-corrected chi connectivity index (χ4v) is 1.05. The molecule has 1 aromatic heterocycles. The Morgan fingerprint density at radius 2 is 2.31 bits per heavy atom. The molecule has 0 fully saturated rings. The van der Waals surface area contributed by atoms with Gasteiger partial charge in [-0.1, -0.05) is 5.92 Å². The van der Waals surface area contributed by atoms with Crippen molar-refractivity contribution in [2.24, 2.45) is 0 Å². The Balaban J connectivity index is 2.79. The number of aromatic nitrogens is 2. The lowest BCUT2D eigenvalue weighted by Crippen LogP contribution is -2.05. The molecule has 5 heteroatoms. The predicted octanol–water partition coefficient (Wildman–Crippen LogP) is 1.07. The minimum Gasteiger partial charge on any atom is -0.464 e. The smallest absolute Gasteiger partial charge is 0.219 e. The van der Waals surface area contributed by atoms with Crippen LogP contribution in [0.25, 0.3) is 0 Å². The van der Waals surface area contributed by atoms with Gasteiger partial charge in [0.05, 0.1) is 0 Å². The second kappa shape index (κ2) is 6.64. The van der Waals surface area contributed by atoms with Crippen LogP contribution in [0.3, 0.4) is 0 Å². The summed E-state index contributed by atoms with van der Waals surface area (Å²) < 4.78 is 10.5. The molecule has 0 radical (unpaired) electrons. The number of hydrogen-bond donors (Lipinski definition) is 1. The molecule has 1 heterocycles. The zero-order chi connectivity index (χ0) is 11.8. The van der Waals surface area contributed by atoms with E-state index in [0.717, 1.165) is 0 Å². The molecule has 0 saturated heterocycles. The van der Waals surface area contributed by atoms with Gasteiger partial charge < -0.3 is 14.8 Å². The quantitative estimate of drug-likeness (QED) is 0.728. The summed E-state index contributed by atoms with van der Waals surface area (Å²) in [6.07, 6.45) is 5.11. The van der Waals surface area contributed by atoms with Crippen LogP contribution in [0, 0.1) is 12.3 Å². The number of anilines is 1. The van der Waals surface area contributed by atoms with Gasteiger partial charge in [0, 0.05) is 19.7 Å². The third kappa shape index (κ3) is 3.75. The van der Waals surface area contributed by atoms with Gasteiger partial charge in [0.15, 0.2) is 12.4 Å². The second-order valence-corrected chi connectivity index (χ2v) is 2.89. The molecule has 1 N–H and O–H groups in total. The second-order valence-electron chi connectivity index (χ2n) is 2.89. The van der Waals surface area contributed by atoms with Crippen LogP contribution in [0.2, 0.25) is 0 Å². The molecule has 0 amide bonds. The molecule has 0 spiro atoms. The van der Waals surface area contributed by atoms with Crippen LogP contribution in [0.15, 0.2) is 6.07 Å². The van der Waals surface area contributed by atoms with Crippen molar-refractivity contribution in [3.05, 3.63) is 11.9 Å². The fraction of sp³-hybridized carbons (Fsp3) is 0.455. The number of ether oxygens (including phenoxy) is 2. The summed E-state index contributed by atoms with van der Waals surface area (Å²) in [5.41, 5.74) is 0. The molecule has 1 aromatic rings. The van der Waals surface area contributed by atoms with Crippen LogP contribution in [0.4, 0.5) is 5.82 Å². The van der Waals surface area contributed by atoms with E-state index in [2.05, 4.69) is 21.2 Å². The molecule has 86 valence electrons. The van der Waals surface area contributed by atoms with Crippen molar-refractivity contribution in [1.82, 2.24) is 9.97 Å². The number of nitrogens with zero attached hydrogens (tertiary/aromatic N) is 2. The maximum atomic E-state index is 5.24. The molecule has 0 aliphatic heterocycles. The highest BCUT2D eigenvalue weighted by molar-refractivity contribution is 5.37. The number of terminal acetylenes is 1. The van der Waals surface area contributed by atoms with Gasteiger partial charge in [-0.2, -0.15) is 4.98 Å². The Hall–Kier alpha value is -1.80. The third-order valence-electron chi connectivity index (χ3n) is 1.74. The van der Waals surface area contributed by atoms with E-state index in [1.165, 1.54) is 0 Å². The maximum absolute atomic E-state index is 5.24. The molecule has 0 bridgehead atoms. The highest BCUT2D eigenvalue weighted by Crippen LogP contribution is 2.13. The van der Waals surface area contributed by atoms with Gasteiger partial charge in [0.25, 0.3) is 0 Å². The van der Waals surface area contributed by atoms with Gasteiger partial charge >= 0.3 is 0 Å². The molecule has 0 unspecified atom stereocenters. The first-order chi connectivity index (χ1) is 7.80. The van der Waals surface area contributed by atoms with E-state index in [1.807, 2.05) is 6.92 Å². The highest BCUT2D eigenvalue weighted by Gasteiger charge is 2.04. The minimum absolute atomic E-state index is 0.189. The van der Waals surface area contributed by atoms with Crippen LogP contribution in [0.1, 0.15) is 12.7 Å². The lowest BCUT2D eigenvalue weighted by atomic mass is 10.5. The Morgan fingerprint density at radius 1 is 1.50 bits per heavy atom. The summed E-state index contributed by atoms with van der Waals surface area (Å²) in [6, 6.07) is 1.69. The zero-order valence-corrected chi connectivity index (χ0v) is 9.49. The third-order valence-corrected chi connectivity index (χ3v) is 1.74. The summed E-state index contributed by atoms with van der Waals surface area (Å²) in [6.45, 7) is 3.08. The van der Waals surface area contributed by atoms with Gasteiger partial charge in [-0.3, -0.25) is 0 Å². The van der Waals surface area contributed by atoms with Gasteiger partial charge in [0.1, 0.15) is 12.4 Å². The molecule has 0 aromatic carbocycles. The molecule has 16 heavy (non-hydrogen) atoms. The van der Waals surface area contributed by atoms with Crippen LogP contribution < -0.4 is 10.1 Å². The predicted molar refractivity (Wildman–Crippen MR) is 61.2 cm³/mol. The van der Waals surface area contributed by atoms with Crippen molar-refractivity contribution in [2.45, 2.75) is 13.5 Å². The summed E-state index contributed by atoms with van der Waals surface area (Å²) in [5, 5.41) is 2.92. The average molecular weight is 221 g/mol. The van der Waals surface area contributed by atoms with E-state index in [1.54, 1.807) is 13.1 Å². The first kappa shape index (κ1) is 12.3. The van der Waals surface area contributed by atoms with E-state index in [-0.39, 0.29) is 6.61 Å². The molecule has 5 nitrogen and oxygen atoms in total. The lowest BCUT2D eigenvalue weighted by molar-refractivity contribution is 0.127. The molecule has 0 saturated carbocycles. The van der Waals surface area contributed by atoms with Gasteiger partial charge in [-0.05, 0) is 6.92 Å². The van der Waals surface area contributed by atoms with E-state index >= 15 is 0 Å². The molecular weight excluding hydrogens is 206 g/mol. The minimum atomic E-state index is 0.189. The zero-order valence-electron chi connectivity index (χ0n) is 9.49. The number of nitrogens with one attached hydrogen (secondary N) is 1. The first-order valence-corrected chi connectivity index (χ1v) is 4.99. The normalized spacial score (nSPS) is 9.56.